The molecular weight excluding hydrogens is 186 g/mol. The Hall–Kier alpha value is -1.85. The van der Waals surface area contributed by atoms with Crippen molar-refractivity contribution >= 4 is 11.9 Å². The zero-order valence-corrected chi connectivity index (χ0v) is 7.67. The Balaban J connectivity index is 2.94. The van der Waals surface area contributed by atoms with Crippen molar-refractivity contribution in [3.8, 4) is 0 Å². The molecule has 3 N–H and O–H groups in total. The van der Waals surface area contributed by atoms with Crippen LogP contribution in [-0.2, 0) is 9.59 Å². The molecule has 6 nitrogen and oxygen atoms in total. The van der Waals surface area contributed by atoms with Crippen LogP contribution in [0, 0.1) is 6.92 Å². The number of carboxylic acid groups (broad SMARTS) is 1. The van der Waals surface area contributed by atoms with Crippen LogP contribution in [0.25, 0.3) is 0 Å². The van der Waals surface area contributed by atoms with Crippen molar-refractivity contribution in [2.24, 2.45) is 5.73 Å². The summed E-state index contributed by atoms with van der Waals surface area (Å²) in [5.74, 6) is -1.20. The second kappa shape index (κ2) is 3.91. The van der Waals surface area contributed by atoms with Crippen LogP contribution in [0.5, 0.6) is 0 Å². The second-order valence-corrected chi connectivity index (χ2v) is 2.91. The molecule has 76 valence electrons. The van der Waals surface area contributed by atoms with Crippen LogP contribution in [0.15, 0.2) is 12.4 Å². The third kappa shape index (κ3) is 2.09. The van der Waals surface area contributed by atoms with Crippen molar-refractivity contribution in [3.05, 3.63) is 18.2 Å². The third-order valence-corrected chi connectivity index (χ3v) is 1.88. The van der Waals surface area contributed by atoms with Crippen molar-refractivity contribution in [2.75, 3.05) is 0 Å². The summed E-state index contributed by atoms with van der Waals surface area (Å²) < 4.78 is 1.41. The van der Waals surface area contributed by atoms with Crippen LogP contribution in [-0.4, -0.2) is 26.5 Å². The lowest BCUT2D eigenvalue weighted by molar-refractivity contribution is -0.142. The van der Waals surface area contributed by atoms with Crippen LogP contribution in [0.1, 0.15) is 18.3 Å². The number of hydrogen-bond donors (Lipinski definition) is 2. The van der Waals surface area contributed by atoms with Crippen LogP contribution >= 0.6 is 0 Å². The number of nitrogens with two attached hydrogens (primary N) is 1. The number of rotatable bonds is 4. The summed E-state index contributed by atoms with van der Waals surface area (Å²) >= 11 is 0. The molecular formula is C8H11N3O3. The highest BCUT2D eigenvalue weighted by molar-refractivity contribution is 5.82. The average molecular weight is 197 g/mol. The lowest BCUT2D eigenvalue weighted by Crippen LogP contribution is -2.25. The number of amides is 1. The monoisotopic (exact) mass is 197 g/mol. The molecule has 0 radical (unpaired) electrons. The third-order valence-electron chi connectivity index (χ3n) is 1.88. The summed E-state index contributed by atoms with van der Waals surface area (Å²) in [6.45, 7) is 1.66. The van der Waals surface area contributed by atoms with Gasteiger partial charge in [0.2, 0.25) is 5.91 Å². The lowest BCUT2D eigenvalue weighted by Gasteiger charge is -2.13. The number of hydrogen-bond acceptors (Lipinski definition) is 3. The molecule has 1 rings (SSSR count). The summed E-state index contributed by atoms with van der Waals surface area (Å²) in [5, 5.41) is 8.86. The van der Waals surface area contributed by atoms with Gasteiger partial charge in [0.25, 0.3) is 0 Å². The maximum Gasteiger partial charge on any atom is 0.327 e. The molecule has 14 heavy (non-hydrogen) atoms. The largest absolute Gasteiger partial charge is 0.480 e. The summed E-state index contributed by atoms with van der Waals surface area (Å²) in [4.78, 5) is 25.3. The van der Waals surface area contributed by atoms with Crippen molar-refractivity contribution < 1.29 is 14.7 Å². The first-order chi connectivity index (χ1) is 6.52. The Kier molecular flexibility index (Phi) is 2.85. The van der Waals surface area contributed by atoms with Gasteiger partial charge < -0.3 is 15.4 Å². The first kappa shape index (κ1) is 10.2. The zero-order valence-electron chi connectivity index (χ0n) is 7.67. The number of carbonyl (C=O) groups is 2. The fourth-order valence-electron chi connectivity index (χ4n) is 1.21. The van der Waals surface area contributed by atoms with Crippen LogP contribution in [0.4, 0.5) is 0 Å². The molecule has 0 bridgehead atoms. The minimum atomic E-state index is -1.09. The number of aryl methyl sites for hydroxylation is 1. The first-order valence-corrected chi connectivity index (χ1v) is 4.03. The molecule has 0 saturated heterocycles. The quantitative estimate of drug-likeness (QED) is 0.691. The molecule has 1 heterocycles. The molecule has 1 aromatic rings. The van der Waals surface area contributed by atoms with E-state index in [1.54, 1.807) is 6.92 Å². The van der Waals surface area contributed by atoms with E-state index >= 15 is 0 Å². The van der Waals surface area contributed by atoms with Crippen molar-refractivity contribution in [3.63, 3.8) is 0 Å². The van der Waals surface area contributed by atoms with E-state index in [-0.39, 0.29) is 6.42 Å². The SMILES string of the molecule is Cc1nccn1[C@@H](CC(N)=O)C(=O)O. The molecule has 0 spiro atoms. The second-order valence-electron chi connectivity index (χ2n) is 2.91. The van der Waals surface area contributed by atoms with Gasteiger partial charge in [0.05, 0.1) is 6.42 Å². The predicted molar refractivity (Wildman–Crippen MR) is 47.4 cm³/mol. The van der Waals surface area contributed by atoms with Gasteiger partial charge in [-0.3, -0.25) is 4.79 Å². The van der Waals surface area contributed by atoms with E-state index in [9.17, 15) is 9.59 Å². The number of aromatic nitrogens is 2. The molecule has 0 aromatic carbocycles. The van der Waals surface area contributed by atoms with Gasteiger partial charge in [-0.25, -0.2) is 9.78 Å². The number of carboxylic acids is 1. The normalized spacial score (nSPS) is 12.4. The summed E-state index contributed by atoms with van der Waals surface area (Å²) in [6, 6.07) is -0.963. The minimum absolute atomic E-state index is 0.230. The van der Waals surface area contributed by atoms with Gasteiger partial charge in [-0.15, -0.1) is 0 Å². The molecule has 1 aromatic heterocycles. The lowest BCUT2D eigenvalue weighted by atomic mass is 10.2. The van der Waals surface area contributed by atoms with Crippen molar-refractivity contribution in [1.29, 1.82) is 0 Å². The fraction of sp³-hybridized carbons (Fsp3) is 0.375. The Bertz CT molecular complexity index is 358. The van der Waals surface area contributed by atoms with Gasteiger partial charge >= 0.3 is 5.97 Å². The van der Waals surface area contributed by atoms with Gasteiger partial charge in [0.1, 0.15) is 11.9 Å². The number of primary amides is 1. The van der Waals surface area contributed by atoms with Crippen LogP contribution in [0.3, 0.4) is 0 Å². The van der Waals surface area contributed by atoms with E-state index < -0.39 is 17.9 Å². The Morgan fingerprint density at radius 3 is 2.71 bits per heavy atom. The topological polar surface area (TPSA) is 98.2 Å². The van der Waals surface area contributed by atoms with E-state index in [1.165, 1.54) is 17.0 Å². The summed E-state index contributed by atoms with van der Waals surface area (Å²) in [5.41, 5.74) is 4.95. The zero-order chi connectivity index (χ0) is 10.7. The average Bonchev–Trinajstić information content (AvgIpc) is 2.46. The molecule has 0 aliphatic carbocycles. The van der Waals surface area contributed by atoms with E-state index in [4.69, 9.17) is 10.8 Å². The van der Waals surface area contributed by atoms with E-state index in [0.717, 1.165) is 0 Å². The molecule has 0 aliphatic rings. The van der Waals surface area contributed by atoms with E-state index in [1.807, 2.05) is 0 Å². The minimum Gasteiger partial charge on any atom is -0.480 e. The number of aliphatic carboxylic acids is 1. The van der Waals surface area contributed by atoms with Gasteiger partial charge in [-0.2, -0.15) is 0 Å². The molecule has 0 aliphatic heterocycles. The highest BCUT2D eigenvalue weighted by Crippen LogP contribution is 2.13. The smallest absolute Gasteiger partial charge is 0.327 e. The number of nitrogens with zero attached hydrogens (tertiary/aromatic N) is 2. The molecule has 0 unspecified atom stereocenters. The summed E-state index contributed by atoms with van der Waals surface area (Å²) in [6.07, 6.45) is 2.76. The summed E-state index contributed by atoms with van der Waals surface area (Å²) in [7, 11) is 0. The molecule has 1 atom stereocenters. The molecule has 0 fully saturated rings. The Labute approximate surface area is 80.4 Å². The van der Waals surface area contributed by atoms with E-state index in [2.05, 4.69) is 4.98 Å². The van der Waals surface area contributed by atoms with Crippen molar-refractivity contribution in [1.82, 2.24) is 9.55 Å². The maximum absolute atomic E-state index is 10.8. The van der Waals surface area contributed by atoms with Gasteiger partial charge in [-0.1, -0.05) is 0 Å². The molecule has 1 amide bonds. The van der Waals surface area contributed by atoms with Gasteiger partial charge in [-0.05, 0) is 6.92 Å². The number of imidazole rings is 1. The van der Waals surface area contributed by atoms with Crippen molar-refractivity contribution in [2.45, 2.75) is 19.4 Å². The highest BCUT2D eigenvalue weighted by atomic mass is 16.4. The van der Waals surface area contributed by atoms with Crippen LogP contribution in [0.2, 0.25) is 0 Å². The maximum atomic E-state index is 10.8. The van der Waals surface area contributed by atoms with E-state index in [0.29, 0.717) is 5.82 Å². The highest BCUT2D eigenvalue weighted by Gasteiger charge is 2.22. The predicted octanol–water partition coefficient (Wildman–Crippen LogP) is -0.307. The fourth-order valence-corrected chi connectivity index (χ4v) is 1.21. The van der Waals surface area contributed by atoms with Gasteiger partial charge in [0.15, 0.2) is 0 Å². The first-order valence-electron chi connectivity index (χ1n) is 4.03. The Morgan fingerprint density at radius 2 is 2.36 bits per heavy atom. The van der Waals surface area contributed by atoms with Crippen LogP contribution < -0.4 is 5.73 Å². The standard InChI is InChI=1S/C8H11N3O3/c1-5-10-2-3-11(5)6(8(13)14)4-7(9)12/h2-3,6H,4H2,1H3,(H2,9,12)(H,13,14)/t6-/m0/s1. The van der Waals surface area contributed by atoms with Gasteiger partial charge in [0, 0.05) is 12.4 Å². The molecule has 0 saturated carbocycles. The number of carbonyl (C=O) groups excluding carboxylic acids is 1. The Morgan fingerprint density at radius 1 is 1.71 bits per heavy atom. The molecule has 6 heteroatoms.